The summed E-state index contributed by atoms with van der Waals surface area (Å²) >= 11 is 0. The Morgan fingerprint density at radius 2 is 0.667 bits per heavy atom. The van der Waals surface area contributed by atoms with Crippen LogP contribution in [0.2, 0.25) is 0 Å². The first kappa shape index (κ1) is 7.41. The standard InChI is InChI=1S/C7H12.C5H8/c1-2-7-4-3-6(1)5-7;1-4-2-5(1)3-4/h6-7H,1-5H2;4-5H,1-3H2. The van der Waals surface area contributed by atoms with Gasteiger partial charge in [0.2, 0.25) is 0 Å². The second-order valence-electron chi connectivity index (χ2n) is 5.56. The van der Waals surface area contributed by atoms with Crippen LogP contribution in [0.3, 0.4) is 0 Å². The number of rotatable bonds is 0. The van der Waals surface area contributed by atoms with Gasteiger partial charge in [0, 0.05) is 0 Å². The zero-order valence-electron chi connectivity index (χ0n) is 7.97. The molecule has 5 aliphatic carbocycles. The Kier molecular flexibility index (Phi) is 1.70. The second-order valence-corrected chi connectivity index (χ2v) is 5.56. The van der Waals surface area contributed by atoms with E-state index < -0.39 is 0 Å². The lowest BCUT2D eigenvalue weighted by atomic mass is 9.56. The Morgan fingerprint density at radius 1 is 0.417 bits per heavy atom. The van der Waals surface area contributed by atoms with Crippen LogP contribution in [0, 0.1) is 23.7 Å². The number of fused-ring (bicyclic) bond motifs is 2. The molecule has 0 aromatic rings. The van der Waals surface area contributed by atoms with Crippen LogP contribution in [0.1, 0.15) is 51.4 Å². The van der Waals surface area contributed by atoms with Gasteiger partial charge in [-0.15, -0.1) is 0 Å². The predicted octanol–water partition coefficient (Wildman–Crippen LogP) is 3.61. The van der Waals surface area contributed by atoms with Gasteiger partial charge in [0.05, 0.1) is 0 Å². The number of hydrogen-bond donors (Lipinski definition) is 0. The van der Waals surface area contributed by atoms with Gasteiger partial charge >= 0.3 is 0 Å². The van der Waals surface area contributed by atoms with Crippen LogP contribution in [-0.4, -0.2) is 0 Å². The summed E-state index contributed by atoms with van der Waals surface area (Å²) in [4.78, 5) is 0. The van der Waals surface area contributed by atoms with Crippen LogP contribution in [0.4, 0.5) is 0 Å². The third-order valence-corrected chi connectivity index (χ3v) is 4.63. The molecule has 0 amide bonds. The summed E-state index contributed by atoms with van der Waals surface area (Å²) in [6.07, 6.45) is 12.6. The van der Waals surface area contributed by atoms with E-state index >= 15 is 0 Å². The summed E-state index contributed by atoms with van der Waals surface area (Å²) in [5.74, 6) is 4.76. The summed E-state index contributed by atoms with van der Waals surface area (Å²) < 4.78 is 0. The first-order chi connectivity index (χ1) is 5.90. The summed E-state index contributed by atoms with van der Waals surface area (Å²) in [6.45, 7) is 0. The molecule has 4 bridgehead atoms. The molecule has 12 heavy (non-hydrogen) atoms. The highest BCUT2D eigenvalue weighted by molar-refractivity contribution is 4.92. The van der Waals surface area contributed by atoms with Gasteiger partial charge in [0.1, 0.15) is 0 Å². The molecule has 5 fully saturated rings. The van der Waals surface area contributed by atoms with E-state index in [1.165, 1.54) is 23.7 Å². The van der Waals surface area contributed by atoms with Crippen molar-refractivity contribution >= 4 is 0 Å². The van der Waals surface area contributed by atoms with Crippen LogP contribution < -0.4 is 0 Å². The quantitative estimate of drug-likeness (QED) is 0.513. The Morgan fingerprint density at radius 3 is 0.750 bits per heavy atom. The van der Waals surface area contributed by atoms with Crippen molar-refractivity contribution in [1.29, 1.82) is 0 Å². The summed E-state index contributed by atoms with van der Waals surface area (Å²) in [7, 11) is 0. The van der Waals surface area contributed by atoms with Gasteiger partial charge in [-0.3, -0.25) is 0 Å². The first-order valence-electron chi connectivity index (χ1n) is 5.90. The van der Waals surface area contributed by atoms with Gasteiger partial charge in [0.15, 0.2) is 0 Å². The Bertz CT molecular complexity index is 135. The lowest BCUT2D eigenvalue weighted by Gasteiger charge is -2.49. The topological polar surface area (TPSA) is 0 Å². The molecule has 0 atom stereocenters. The molecule has 5 saturated carbocycles. The molecular weight excluding hydrogens is 144 g/mol. The molecule has 0 aromatic carbocycles. The molecule has 5 rings (SSSR count). The van der Waals surface area contributed by atoms with Crippen molar-refractivity contribution in [2.45, 2.75) is 51.4 Å². The molecular formula is C12H20. The minimum atomic E-state index is 1.17. The molecule has 0 radical (unpaired) electrons. The SMILES string of the molecule is C1C2CC1C2.C1CC2CCC1C2. The lowest BCUT2D eigenvalue weighted by molar-refractivity contribution is 0.0198. The van der Waals surface area contributed by atoms with Gasteiger partial charge < -0.3 is 0 Å². The second kappa shape index (κ2) is 2.75. The van der Waals surface area contributed by atoms with Crippen LogP contribution >= 0.6 is 0 Å². The van der Waals surface area contributed by atoms with Crippen molar-refractivity contribution in [2.24, 2.45) is 23.7 Å². The normalized spacial score (nSPS) is 52.0. The number of hydrogen-bond acceptors (Lipinski definition) is 0. The van der Waals surface area contributed by atoms with Gasteiger partial charge in [-0.2, -0.15) is 0 Å². The molecule has 0 unspecified atom stereocenters. The molecule has 0 heterocycles. The van der Waals surface area contributed by atoms with Gasteiger partial charge in [-0.05, 0) is 49.4 Å². The molecule has 0 aliphatic heterocycles. The van der Waals surface area contributed by atoms with E-state index in [1.807, 2.05) is 0 Å². The van der Waals surface area contributed by atoms with E-state index in [2.05, 4.69) is 0 Å². The summed E-state index contributed by atoms with van der Waals surface area (Å²) in [5, 5.41) is 0. The molecule has 68 valence electrons. The van der Waals surface area contributed by atoms with Crippen molar-refractivity contribution < 1.29 is 0 Å². The van der Waals surface area contributed by atoms with E-state index in [-0.39, 0.29) is 0 Å². The van der Waals surface area contributed by atoms with E-state index in [0.717, 1.165) is 0 Å². The van der Waals surface area contributed by atoms with Crippen LogP contribution in [0.5, 0.6) is 0 Å². The van der Waals surface area contributed by atoms with E-state index in [4.69, 9.17) is 0 Å². The lowest BCUT2D eigenvalue weighted by Crippen LogP contribution is -2.38. The minimum absolute atomic E-state index is 1.17. The third kappa shape index (κ3) is 1.20. The van der Waals surface area contributed by atoms with Crippen molar-refractivity contribution in [2.75, 3.05) is 0 Å². The van der Waals surface area contributed by atoms with E-state index in [0.29, 0.717) is 0 Å². The fourth-order valence-electron chi connectivity index (χ4n) is 3.38. The van der Waals surface area contributed by atoms with E-state index in [9.17, 15) is 0 Å². The average molecular weight is 164 g/mol. The van der Waals surface area contributed by atoms with Crippen LogP contribution in [0.15, 0.2) is 0 Å². The fraction of sp³-hybridized carbons (Fsp3) is 1.00. The molecule has 0 aromatic heterocycles. The average Bonchev–Trinajstić information content (AvgIpc) is 2.38. The van der Waals surface area contributed by atoms with Crippen molar-refractivity contribution in [3.63, 3.8) is 0 Å². The molecule has 5 aliphatic rings. The molecule has 0 nitrogen and oxygen atoms in total. The van der Waals surface area contributed by atoms with Gasteiger partial charge in [-0.1, -0.05) is 25.7 Å². The monoisotopic (exact) mass is 164 g/mol. The highest BCUT2D eigenvalue weighted by Gasteiger charge is 2.41. The Balaban J connectivity index is 0.0000000860. The van der Waals surface area contributed by atoms with Crippen molar-refractivity contribution in [3.8, 4) is 0 Å². The zero-order valence-corrected chi connectivity index (χ0v) is 7.97. The highest BCUT2D eigenvalue weighted by Crippen LogP contribution is 2.52. The summed E-state index contributed by atoms with van der Waals surface area (Å²) in [6, 6.07) is 0. The van der Waals surface area contributed by atoms with Gasteiger partial charge in [-0.25, -0.2) is 0 Å². The zero-order chi connectivity index (χ0) is 7.97. The van der Waals surface area contributed by atoms with Crippen LogP contribution in [-0.2, 0) is 0 Å². The van der Waals surface area contributed by atoms with Gasteiger partial charge in [0.25, 0.3) is 0 Å². The largest absolute Gasteiger partial charge is 0.0502 e. The minimum Gasteiger partial charge on any atom is -0.0502 e. The smallest absolute Gasteiger partial charge is 0.0406 e. The maximum atomic E-state index is 1.58. The van der Waals surface area contributed by atoms with Crippen molar-refractivity contribution in [3.05, 3.63) is 0 Å². The van der Waals surface area contributed by atoms with Crippen LogP contribution in [0.25, 0.3) is 0 Å². The maximum Gasteiger partial charge on any atom is -0.0406 e. The Labute approximate surface area is 75.7 Å². The van der Waals surface area contributed by atoms with Crippen molar-refractivity contribution in [1.82, 2.24) is 0 Å². The van der Waals surface area contributed by atoms with E-state index in [1.54, 1.807) is 51.4 Å². The third-order valence-electron chi connectivity index (χ3n) is 4.63. The Hall–Kier alpha value is 0. The first-order valence-corrected chi connectivity index (χ1v) is 5.90. The maximum absolute atomic E-state index is 1.58. The highest BCUT2D eigenvalue weighted by atomic mass is 14.5. The predicted molar refractivity (Wildman–Crippen MR) is 50.9 cm³/mol. The molecule has 0 N–H and O–H groups in total. The summed E-state index contributed by atoms with van der Waals surface area (Å²) in [5.41, 5.74) is 0. The molecule has 0 spiro atoms. The fourth-order valence-corrected chi connectivity index (χ4v) is 3.38. The molecule has 0 saturated heterocycles. The molecule has 0 heteroatoms.